The van der Waals surface area contributed by atoms with E-state index in [1.54, 1.807) is 6.07 Å². The summed E-state index contributed by atoms with van der Waals surface area (Å²) in [6.45, 7) is 5.34. The minimum atomic E-state index is -4.31. The molecule has 0 fully saturated rings. The van der Waals surface area contributed by atoms with Gasteiger partial charge in [0.25, 0.3) is 0 Å². The Bertz CT molecular complexity index is 375. The number of hydrogen-bond donors (Lipinski definition) is 1. The second-order valence-corrected chi connectivity index (χ2v) is 5.19. The number of halogens is 4. The van der Waals surface area contributed by atoms with Gasteiger partial charge in [0.05, 0.1) is 5.56 Å². The van der Waals surface area contributed by atoms with Gasteiger partial charge in [-0.15, -0.1) is 0 Å². The first-order valence-electron chi connectivity index (χ1n) is 5.37. The second kappa shape index (κ2) is 5.87. The lowest BCUT2D eigenvalue weighted by Gasteiger charge is -2.12. The van der Waals surface area contributed by atoms with Crippen molar-refractivity contribution in [2.45, 2.75) is 26.6 Å². The maximum Gasteiger partial charge on any atom is 0.417 e. The Hall–Kier alpha value is -0.550. The molecule has 0 radical (unpaired) electrons. The first kappa shape index (κ1) is 14.5. The summed E-state index contributed by atoms with van der Waals surface area (Å²) < 4.78 is 38.0. The third-order valence-corrected chi connectivity index (χ3v) is 2.91. The van der Waals surface area contributed by atoms with Gasteiger partial charge < -0.3 is 5.32 Å². The molecule has 0 aliphatic rings. The predicted octanol–water partition coefficient (Wildman–Crippen LogP) is 4.21. The number of alkyl halides is 3. The summed E-state index contributed by atoms with van der Waals surface area (Å²) in [5, 5.41) is 3.12. The van der Waals surface area contributed by atoms with Gasteiger partial charge in [0, 0.05) is 11.0 Å². The van der Waals surface area contributed by atoms with Gasteiger partial charge in [0.1, 0.15) is 0 Å². The average molecular weight is 310 g/mol. The average Bonchev–Trinajstić information content (AvgIpc) is 2.18. The molecule has 96 valence electrons. The molecule has 0 bridgehead atoms. The Kier molecular flexibility index (Phi) is 5.01. The molecular formula is C12H15BrF3N. The SMILES string of the molecule is CC(C)CNCc1ccc(Br)c(C(F)(F)F)c1. The van der Waals surface area contributed by atoms with Crippen molar-refractivity contribution < 1.29 is 13.2 Å². The molecule has 0 unspecified atom stereocenters. The summed E-state index contributed by atoms with van der Waals surface area (Å²) in [4.78, 5) is 0. The second-order valence-electron chi connectivity index (χ2n) is 4.34. The van der Waals surface area contributed by atoms with Crippen LogP contribution >= 0.6 is 15.9 Å². The minimum Gasteiger partial charge on any atom is -0.312 e. The molecule has 0 aliphatic carbocycles. The molecule has 0 aliphatic heterocycles. The largest absolute Gasteiger partial charge is 0.417 e. The highest BCUT2D eigenvalue weighted by atomic mass is 79.9. The van der Waals surface area contributed by atoms with Gasteiger partial charge in [0.15, 0.2) is 0 Å². The monoisotopic (exact) mass is 309 g/mol. The highest BCUT2D eigenvalue weighted by molar-refractivity contribution is 9.10. The third-order valence-electron chi connectivity index (χ3n) is 2.22. The Morgan fingerprint density at radius 1 is 1.29 bits per heavy atom. The maximum atomic E-state index is 12.6. The fourth-order valence-electron chi connectivity index (χ4n) is 1.40. The van der Waals surface area contributed by atoms with Crippen molar-refractivity contribution in [3.05, 3.63) is 33.8 Å². The van der Waals surface area contributed by atoms with E-state index in [4.69, 9.17) is 0 Å². The van der Waals surface area contributed by atoms with Crippen molar-refractivity contribution >= 4 is 15.9 Å². The molecule has 0 aromatic heterocycles. The lowest BCUT2D eigenvalue weighted by atomic mass is 10.1. The summed E-state index contributed by atoms with van der Waals surface area (Å²) >= 11 is 2.92. The molecular weight excluding hydrogens is 295 g/mol. The van der Waals surface area contributed by atoms with Crippen LogP contribution in [0.3, 0.4) is 0 Å². The van der Waals surface area contributed by atoms with Gasteiger partial charge in [-0.2, -0.15) is 13.2 Å². The molecule has 17 heavy (non-hydrogen) atoms. The van der Waals surface area contributed by atoms with E-state index in [-0.39, 0.29) is 4.47 Å². The summed E-state index contributed by atoms with van der Waals surface area (Å²) in [6, 6.07) is 4.30. The standard InChI is InChI=1S/C12H15BrF3N/c1-8(2)6-17-7-9-3-4-11(13)10(5-9)12(14,15)16/h3-5,8,17H,6-7H2,1-2H3. The summed E-state index contributed by atoms with van der Waals surface area (Å²) in [5.74, 6) is 0.479. The van der Waals surface area contributed by atoms with E-state index in [1.165, 1.54) is 12.1 Å². The van der Waals surface area contributed by atoms with Crippen LogP contribution in [0.25, 0.3) is 0 Å². The van der Waals surface area contributed by atoms with Gasteiger partial charge in [-0.3, -0.25) is 0 Å². The summed E-state index contributed by atoms with van der Waals surface area (Å²) in [7, 11) is 0. The molecule has 1 N–H and O–H groups in total. The van der Waals surface area contributed by atoms with Crippen LogP contribution < -0.4 is 5.32 Å². The molecule has 0 atom stereocenters. The first-order valence-corrected chi connectivity index (χ1v) is 6.16. The van der Waals surface area contributed by atoms with Gasteiger partial charge in [-0.05, 0) is 30.2 Å². The van der Waals surface area contributed by atoms with Crippen molar-refractivity contribution in [3.63, 3.8) is 0 Å². The molecule has 0 amide bonds. The summed E-state index contributed by atoms with van der Waals surface area (Å²) in [5.41, 5.74) is 0.0162. The molecule has 1 aromatic rings. The predicted molar refractivity (Wildman–Crippen MR) is 65.7 cm³/mol. The quantitative estimate of drug-likeness (QED) is 0.878. The van der Waals surface area contributed by atoms with Crippen molar-refractivity contribution in [3.8, 4) is 0 Å². The van der Waals surface area contributed by atoms with Crippen molar-refractivity contribution in [1.82, 2.24) is 5.32 Å². The third kappa shape index (κ3) is 4.68. The van der Waals surface area contributed by atoms with E-state index in [0.717, 1.165) is 6.54 Å². The zero-order valence-corrected chi connectivity index (χ0v) is 11.3. The van der Waals surface area contributed by atoms with Gasteiger partial charge >= 0.3 is 6.18 Å². The molecule has 1 nitrogen and oxygen atoms in total. The molecule has 0 spiro atoms. The zero-order valence-electron chi connectivity index (χ0n) is 9.74. The topological polar surface area (TPSA) is 12.0 Å². The Labute approximate surface area is 108 Å². The fourth-order valence-corrected chi connectivity index (χ4v) is 1.88. The van der Waals surface area contributed by atoms with Crippen LogP contribution in [0.5, 0.6) is 0 Å². The van der Waals surface area contributed by atoms with E-state index in [1.807, 2.05) is 0 Å². The lowest BCUT2D eigenvalue weighted by Crippen LogP contribution is -2.19. The van der Waals surface area contributed by atoms with Crippen molar-refractivity contribution in [2.75, 3.05) is 6.54 Å². The van der Waals surface area contributed by atoms with E-state index in [9.17, 15) is 13.2 Å². The number of rotatable bonds is 4. The smallest absolute Gasteiger partial charge is 0.312 e. The van der Waals surface area contributed by atoms with Crippen LogP contribution in [-0.2, 0) is 12.7 Å². The zero-order chi connectivity index (χ0) is 13.1. The fraction of sp³-hybridized carbons (Fsp3) is 0.500. The summed E-state index contributed by atoms with van der Waals surface area (Å²) in [6.07, 6.45) is -4.31. The molecule has 0 saturated heterocycles. The molecule has 0 saturated carbocycles. The normalized spacial score (nSPS) is 12.2. The number of benzene rings is 1. The van der Waals surface area contributed by atoms with Crippen LogP contribution in [0.15, 0.2) is 22.7 Å². The Morgan fingerprint density at radius 3 is 2.47 bits per heavy atom. The van der Waals surface area contributed by atoms with E-state index in [2.05, 4.69) is 35.1 Å². The number of nitrogens with one attached hydrogen (secondary N) is 1. The Balaban J connectivity index is 2.76. The van der Waals surface area contributed by atoms with E-state index < -0.39 is 11.7 Å². The molecule has 5 heteroatoms. The van der Waals surface area contributed by atoms with E-state index in [0.29, 0.717) is 18.0 Å². The molecule has 1 aromatic carbocycles. The highest BCUT2D eigenvalue weighted by Gasteiger charge is 2.32. The van der Waals surface area contributed by atoms with E-state index >= 15 is 0 Å². The van der Waals surface area contributed by atoms with Crippen molar-refractivity contribution in [2.24, 2.45) is 5.92 Å². The van der Waals surface area contributed by atoms with Crippen LogP contribution in [0.2, 0.25) is 0 Å². The van der Waals surface area contributed by atoms with Crippen LogP contribution in [0.4, 0.5) is 13.2 Å². The van der Waals surface area contributed by atoms with Crippen LogP contribution in [0.1, 0.15) is 25.0 Å². The van der Waals surface area contributed by atoms with Gasteiger partial charge in [-0.25, -0.2) is 0 Å². The number of hydrogen-bond acceptors (Lipinski definition) is 1. The highest BCUT2D eigenvalue weighted by Crippen LogP contribution is 2.35. The lowest BCUT2D eigenvalue weighted by molar-refractivity contribution is -0.138. The first-order chi connectivity index (χ1) is 7.80. The minimum absolute atomic E-state index is 0.0811. The molecule has 1 rings (SSSR count). The van der Waals surface area contributed by atoms with Crippen LogP contribution in [-0.4, -0.2) is 6.54 Å². The van der Waals surface area contributed by atoms with Crippen LogP contribution in [0, 0.1) is 5.92 Å². The van der Waals surface area contributed by atoms with Gasteiger partial charge in [0.2, 0.25) is 0 Å². The maximum absolute atomic E-state index is 12.6. The molecule has 0 heterocycles. The van der Waals surface area contributed by atoms with Gasteiger partial charge in [-0.1, -0.05) is 35.8 Å². The Morgan fingerprint density at radius 2 is 1.94 bits per heavy atom. The van der Waals surface area contributed by atoms with Crippen molar-refractivity contribution in [1.29, 1.82) is 0 Å².